The predicted molar refractivity (Wildman–Crippen MR) is 66.8 cm³/mol. The largest absolute Gasteiger partial charge is 0.403 e. The maximum Gasteiger partial charge on any atom is 0.403 e. The molecule has 1 amide bonds. The number of carbonyl (C=O) groups excluding carboxylic acids is 1. The average molecular weight is 281 g/mol. The summed E-state index contributed by atoms with van der Waals surface area (Å²) in [4.78, 5) is 14.9. The third-order valence-corrected chi connectivity index (χ3v) is 3.51. The van der Waals surface area contributed by atoms with Gasteiger partial charge in [-0.3, -0.25) is 9.69 Å². The van der Waals surface area contributed by atoms with Crippen LogP contribution in [0.3, 0.4) is 0 Å². The third kappa shape index (κ3) is 4.99. The van der Waals surface area contributed by atoms with Crippen LogP contribution in [0.25, 0.3) is 0 Å². The van der Waals surface area contributed by atoms with Gasteiger partial charge in [-0.2, -0.15) is 13.2 Å². The molecule has 1 unspecified atom stereocenters. The van der Waals surface area contributed by atoms with Crippen LogP contribution in [-0.2, 0) is 4.79 Å². The second-order valence-corrected chi connectivity index (χ2v) is 4.84. The molecule has 1 fully saturated rings. The van der Waals surface area contributed by atoms with E-state index in [1.165, 1.54) is 11.8 Å². The highest BCUT2D eigenvalue weighted by molar-refractivity contribution is 5.76. The van der Waals surface area contributed by atoms with Crippen molar-refractivity contribution < 1.29 is 18.0 Å². The van der Waals surface area contributed by atoms with Gasteiger partial charge in [0.05, 0.1) is 0 Å². The van der Waals surface area contributed by atoms with Crippen LogP contribution in [0.15, 0.2) is 0 Å². The molecule has 7 heteroatoms. The number of hydrogen-bond donors (Lipinski definition) is 1. The molecule has 0 radical (unpaired) electrons. The predicted octanol–water partition coefficient (Wildman–Crippen LogP) is 1.08. The van der Waals surface area contributed by atoms with Crippen molar-refractivity contribution in [1.29, 1.82) is 0 Å². The topological polar surface area (TPSA) is 35.6 Å². The summed E-state index contributed by atoms with van der Waals surface area (Å²) in [7, 11) is 1.82. The molecule has 19 heavy (non-hydrogen) atoms. The van der Waals surface area contributed by atoms with E-state index in [1.54, 1.807) is 4.90 Å². The summed E-state index contributed by atoms with van der Waals surface area (Å²) in [5.74, 6) is 0.0366. The monoisotopic (exact) mass is 281 g/mol. The zero-order valence-corrected chi connectivity index (χ0v) is 11.5. The maximum absolute atomic E-state index is 12.6. The first-order chi connectivity index (χ1) is 8.86. The number of alkyl halides is 3. The Hall–Kier alpha value is -0.820. The summed E-state index contributed by atoms with van der Waals surface area (Å²) in [6.45, 7) is 3.30. The normalized spacial score (nSPS) is 19.5. The van der Waals surface area contributed by atoms with E-state index >= 15 is 0 Å². The summed E-state index contributed by atoms with van der Waals surface area (Å²) in [5, 5.41) is 2.96. The second-order valence-electron chi connectivity index (χ2n) is 4.84. The van der Waals surface area contributed by atoms with Crippen LogP contribution in [0, 0.1) is 0 Å². The smallest absolute Gasteiger partial charge is 0.340 e. The fraction of sp³-hybridized carbons (Fsp3) is 0.917. The van der Waals surface area contributed by atoms with E-state index in [4.69, 9.17) is 0 Å². The Kier molecular flexibility index (Phi) is 6.06. The minimum absolute atomic E-state index is 0.0366. The fourth-order valence-corrected chi connectivity index (χ4v) is 2.14. The zero-order valence-electron chi connectivity index (χ0n) is 11.5. The number of rotatable bonds is 5. The van der Waals surface area contributed by atoms with Crippen LogP contribution in [0.5, 0.6) is 0 Å². The Morgan fingerprint density at radius 2 is 1.84 bits per heavy atom. The van der Waals surface area contributed by atoms with Gasteiger partial charge in [0.25, 0.3) is 0 Å². The number of piperazine rings is 1. The summed E-state index contributed by atoms with van der Waals surface area (Å²) < 4.78 is 37.7. The van der Waals surface area contributed by atoms with Crippen molar-refractivity contribution in [2.45, 2.75) is 32.0 Å². The molecule has 0 aromatic heterocycles. The minimum Gasteiger partial charge on any atom is -0.340 e. The van der Waals surface area contributed by atoms with Crippen LogP contribution in [0.4, 0.5) is 13.2 Å². The van der Waals surface area contributed by atoms with Crippen molar-refractivity contribution in [2.24, 2.45) is 0 Å². The van der Waals surface area contributed by atoms with Gasteiger partial charge in [0, 0.05) is 32.6 Å². The Bertz CT molecular complexity index is 288. The van der Waals surface area contributed by atoms with E-state index in [1.807, 2.05) is 7.05 Å². The molecule has 1 rings (SSSR count). The van der Waals surface area contributed by atoms with Gasteiger partial charge in [-0.1, -0.05) is 0 Å². The van der Waals surface area contributed by atoms with Gasteiger partial charge in [-0.15, -0.1) is 0 Å². The molecular formula is C12H22F3N3O. The molecule has 1 atom stereocenters. The Balaban J connectivity index is 2.34. The maximum atomic E-state index is 12.6. The molecule has 0 spiro atoms. The molecule has 0 saturated carbocycles. The Morgan fingerprint density at radius 1 is 1.26 bits per heavy atom. The zero-order chi connectivity index (χ0) is 14.5. The lowest BCUT2D eigenvalue weighted by molar-refractivity contribution is -0.183. The molecule has 4 nitrogen and oxygen atoms in total. The van der Waals surface area contributed by atoms with Gasteiger partial charge >= 0.3 is 6.18 Å². The van der Waals surface area contributed by atoms with E-state index in [0.29, 0.717) is 32.6 Å². The number of carbonyl (C=O) groups is 1. The van der Waals surface area contributed by atoms with Crippen LogP contribution in [0.1, 0.15) is 19.8 Å². The van der Waals surface area contributed by atoms with Crippen molar-refractivity contribution >= 4 is 5.91 Å². The van der Waals surface area contributed by atoms with E-state index in [9.17, 15) is 18.0 Å². The summed E-state index contributed by atoms with van der Waals surface area (Å²) in [6, 6.07) is -1.44. The molecule has 1 saturated heterocycles. The van der Waals surface area contributed by atoms with Gasteiger partial charge < -0.3 is 10.2 Å². The molecule has 0 aromatic rings. The number of amides is 1. The highest BCUT2D eigenvalue weighted by Gasteiger charge is 2.41. The lowest BCUT2D eigenvalue weighted by atomic mass is 10.2. The first-order valence-corrected chi connectivity index (χ1v) is 6.59. The minimum atomic E-state index is -4.20. The van der Waals surface area contributed by atoms with Crippen molar-refractivity contribution in [3.63, 3.8) is 0 Å². The van der Waals surface area contributed by atoms with Crippen molar-refractivity contribution in [1.82, 2.24) is 15.1 Å². The van der Waals surface area contributed by atoms with E-state index in [2.05, 4.69) is 5.32 Å². The van der Waals surface area contributed by atoms with Crippen LogP contribution >= 0.6 is 0 Å². The molecule has 0 aliphatic carbocycles. The van der Waals surface area contributed by atoms with Crippen molar-refractivity contribution in [3.05, 3.63) is 0 Å². The van der Waals surface area contributed by atoms with Crippen LogP contribution in [0.2, 0.25) is 0 Å². The molecule has 1 heterocycles. The highest BCUT2D eigenvalue weighted by atomic mass is 19.4. The number of nitrogens with zero attached hydrogens (tertiary/aromatic N) is 2. The lowest BCUT2D eigenvalue weighted by Gasteiger charge is -2.38. The SMILES string of the molecule is CNCCCC(=O)N1CCN(C(C)C(F)(F)F)CC1. The summed E-state index contributed by atoms with van der Waals surface area (Å²) >= 11 is 0. The molecule has 0 bridgehead atoms. The first kappa shape index (κ1) is 16.2. The summed E-state index contributed by atoms with van der Waals surface area (Å²) in [6.07, 6.45) is -2.98. The van der Waals surface area contributed by atoms with Crippen molar-refractivity contribution in [2.75, 3.05) is 39.8 Å². The van der Waals surface area contributed by atoms with Gasteiger partial charge in [0.15, 0.2) is 0 Å². The molecule has 1 N–H and O–H groups in total. The van der Waals surface area contributed by atoms with Gasteiger partial charge in [-0.05, 0) is 26.9 Å². The van der Waals surface area contributed by atoms with Gasteiger partial charge in [0.2, 0.25) is 5.91 Å². The van der Waals surface area contributed by atoms with Crippen molar-refractivity contribution in [3.8, 4) is 0 Å². The molecular weight excluding hydrogens is 259 g/mol. The van der Waals surface area contributed by atoms with Gasteiger partial charge in [0.1, 0.15) is 6.04 Å². The Morgan fingerprint density at radius 3 is 2.32 bits per heavy atom. The van der Waals surface area contributed by atoms with Crippen LogP contribution < -0.4 is 5.32 Å². The quantitative estimate of drug-likeness (QED) is 0.766. The molecule has 0 aromatic carbocycles. The number of hydrogen-bond acceptors (Lipinski definition) is 3. The van der Waals surface area contributed by atoms with E-state index in [0.717, 1.165) is 13.0 Å². The summed E-state index contributed by atoms with van der Waals surface area (Å²) in [5.41, 5.74) is 0. The average Bonchev–Trinajstić information content (AvgIpc) is 2.37. The molecule has 1 aliphatic heterocycles. The lowest BCUT2D eigenvalue weighted by Crippen LogP contribution is -2.54. The third-order valence-electron chi connectivity index (χ3n) is 3.51. The van der Waals surface area contributed by atoms with Gasteiger partial charge in [-0.25, -0.2) is 0 Å². The van der Waals surface area contributed by atoms with E-state index < -0.39 is 12.2 Å². The molecule has 1 aliphatic rings. The number of halogens is 3. The highest BCUT2D eigenvalue weighted by Crippen LogP contribution is 2.25. The Labute approximate surface area is 111 Å². The molecule has 112 valence electrons. The first-order valence-electron chi connectivity index (χ1n) is 6.59. The van der Waals surface area contributed by atoms with E-state index in [-0.39, 0.29) is 5.91 Å². The fourth-order valence-electron chi connectivity index (χ4n) is 2.14. The standard InChI is InChI=1S/C12H22F3N3O/c1-10(12(13,14)15)17-6-8-18(9-7-17)11(19)4-3-5-16-2/h10,16H,3-9H2,1-2H3. The number of nitrogens with one attached hydrogen (secondary N) is 1. The second kappa shape index (κ2) is 7.09. The van der Waals surface area contributed by atoms with Crippen LogP contribution in [-0.4, -0.2) is 67.7 Å².